The third-order valence-electron chi connectivity index (χ3n) is 6.75. The number of hydrogen-bond acceptors (Lipinski definition) is 1. The molecular formula is C12H17N. The van der Waals surface area contributed by atoms with E-state index in [9.17, 15) is 0 Å². The van der Waals surface area contributed by atoms with Crippen LogP contribution in [-0.4, -0.2) is 6.54 Å². The van der Waals surface area contributed by atoms with Crippen LogP contribution in [0.15, 0.2) is 0 Å². The van der Waals surface area contributed by atoms with E-state index in [2.05, 4.69) is 0 Å². The van der Waals surface area contributed by atoms with Gasteiger partial charge in [-0.1, -0.05) is 0 Å². The van der Waals surface area contributed by atoms with E-state index in [1.165, 1.54) is 23.7 Å². The maximum Gasteiger partial charge on any atom is -0.00431 e. The van der Waals surface area contributed by atoms with E-state index in [1.807, 2.05) is 0 Å². The molecule has 0 saturated heterocycles. The lowest BCUT2D eigenvalue weighted by Crippen LogP contribution is -2.30. The Kier molecular flexibility index (Phi) is 0.793. The molecule has 1 nitrogen and oxygen atoms in total. The van der Waals surface area contributed by atoms with Gasteiger partial charge in [-0.2, -0.15) is 0 Å². The van der Waals surface area contributed by atoms with Gasteiger partial charge in [0.1, 0.15) is 0 Å². The maximum atomic E-state index is 5.97. The average molecular weight is 175 g/mol. The summed E-state index contributed by atoms with van der Waals surface area (Å²) < 4.78 is 0. The molecule has 0 heterocycles. The third kappa shape index (κ3) is 0.407. The quantitative estimate of drug-likeness (QED) is 0.639. The molecule has 9 atom stereocenters. The van der Waals surface area contributed by atoms with Crippen LogP contribution in [0.2, 0.25) is 0 Å². The summed E-state index contributed by atoms with van der Waals surface area (Å²) in [5.41, 5.74) is 5.97. The van der Waals surface area contributed by atoms with Gasteiger partial charge in [0.25, 0.3) is 0 Å². The van der Waals surface area contributed by atoms with Gasteiger partial charge in [0.05, 0.1) is 0 Å². The van der Waals surface area contributed by atoms with E-state index in [1.54, 1.807) is 12.8 Å². The number of nitrogens with two attached hydrogens (primary N) is 1. The van der Waals surface area contributed by atoms with Crippen molar-refractivity contribution in [3.8, 4) is 0 Å². The Hall–Kier alpha value is -0.0400. The van der Waals surface area contributed by atoms with Crippen LogP contribution in [-0.2, 0) is 0 Å². The Morgan fingerprint density at radius 3 is 1.77 bits per heavy atom. The molecule has 0 aromatic heterocycles. The van der Waals surface area contributed by atoms with Crippen molar-refractivity contribution in [1.82, 2.24) is 0 Å². The topological polar surface area (TPSA) is 26.0 Å². The van der Waals surface area contributed by atoms with Crippen molar-refractivity contribution in [3.63, 3.8) is 0 Å². The normalized spacial score (nSPS) is 79.6. The Balaban J connectivity index is 1.79. The van der Waals surface area contributed by atoms with Gasteiger partial charge < -0.3 is 5.73 Å². The molecule has 0 aliphatic heterocycles. The van der Waals surface area contributed by atoms with Crippen LogP contribution < -0.4 is 5.73 Å². The molecule has 6 aliphatic rings. The fraction of sp³-hybridized carbons (Fsp3) is 1.00. The molecule has 13 heavy (non-hydrogen) atoms. The third-order valence-corrected chi connectivity index (χ3v) is 6.75. The molecule has 0 aromatic carbocycles. The molecule has 0 spiro atoms. The molecular weight excluding hydrogens is 158 g/mol. The first-order chi connectivity index (χ1) is 6.42. The molecule has 6 rings (SSSR count). The van der Waals surface area contributed by atoms with Crippen molar-refractivity contribution >= 4 is 0 Å². The van der Waals surface area contributed by atoms with Crippen molar-refractivity contribution < 1.29 is 0 Å². The van der Waals surface area contributed by atoms with Gasteiger partial charge in [-0.3, -0.25) is 0 Å². The van der Waals surface area contributed by atoms with Crippen LogP contribution in [0.25, 0.3) is 0 Å². The zero-order valence-corrected chi connectivity index (χ0v) is 7.89. The van der Waals surface area contributed by atoms with Gasteiger partial charge in [-0.05, 0) is 72.6 Å². The molecule has 6 fully saturated rings. The minimum absolute atomic E-state index is 0.975. The molecule has 1 heteroatoms. The van der Waals surface area contributed by atoms with Gasteiger partial charge >= 0.3 is 0 Å². The monoisotopic (exact) mass is 175 g/mol. The largest absolute Gasteiger partial charge is 0.330 e. The van der Waals surface area contributed by atoms with Gasteiger partial charge in [-0.25, -0.2) is 0 Å². The van der Waals surface area contributed by atoms with Crippen molar-refractivity contribution in [2.45, 2.75) is 12.8 Å². The summed E-state index contributed by atoms with van der Waals surface area (Å²) in [6.07, 6.45) is 3.24. The van der Waals surface area contributed by atoms with Crippen LogP contribution in [0.3, 0.4) is 0 Å². The van der Waals surface area contributed by atoms with Crippen molar-refractivity contribution in [2.75, 3.05) is 6.54 Å². The minimum atomic E-state index is 0.975. The van der Waals surface area contributed by atoms with Crippen LogP contribution >= 0.6 is 0 Å². The van der Waals surface area contributed by atoms with Crippen molar-refractivity contribution in [3.05, 3.63) is 0 Å². The summed E-state index contributed by atoms with van der Waals surface area (Å²) in [7, 11) is 0. The van der Waals surface area contributed by atoms with Gasteiger partial charge in [0.15, 0.2) is 0 Å². The SMILES string of the molecule is NCC1[C@@H]2[C@@H]3C[C@@H]4[C@H]5C[C@H]([C@H]1[C@H]53)[C@@H]42. The highest BCUT2D eigenvalue weighted by Gasteiger charge is 2.79. The van der Waals surface area contributed by atoms with Crippen molar-refractivity contribution in [1.29, 1.82) is 0 Å². The Morgan fingerprint density at radius 1 is 0.769 bits per heavy atom. The molecule has 6 bridgehead atoms. The van der Waals surface area contributed by atoms with Crippen LogP contribution in [0, 0.1) is 53.3 Å². The predicted octanol–water partition coefficient (Wildman–Crippen LogP) is 1.34. The first-order valence-corrected chi connectivity index (χ1v) is 6.12. The summed E-state index contributed by atoms with van der Waals surface area (Å²) in [6, 6.07) is 0. The van der Waals surface area contributed by atoms with Crippen molar-refractivity contribution in [2.24, 2.45) is 59.0 Å². The molecule has 6 saturated carbocycles. The zero-order valence-electron chi connectivity index (χ0n) is 7.89. The molecule has 2 N–H and O–H groups in total. The van der Waals surface area contributed by atoms with E-state index >= 15 is 0 Å². The fourth-order valence-corrected chi connectivity index (χ4v) is 7.13. The fourth-order valence-electron chi connectivity index (χ4n) is 7.13. The second-order valence-electron chi connectivity index (χ2n) is 6.34. The molecule has 6 aliphatic carbocycles. The predicted molar refractivity (Wildman–Crippen MR) is 49.7 cm³/mol. The molecule has 0 radical (unpaired) electrons. The van der Waals surface area contributed by atoms with E-state index in [0.29, 0.717) is 0 Å². The Morgan fingerprint density at radius 2 is 1.31 bits per heavy atom. The highest BCUT2D eigenvalue weighted by molar-refractivity contribution is 5.27. The summed E-state index contributed by atoms with van der Waals surface area (Å²) in [4.78, 5) is 0. The van der Waals surface area contributed by atoms with Gasteiger partial charge in [0, 0.05) is 0 Å². The lowest BCUT2D eigenvalue weighted by molar-refractivity contribution is 0.132. The Labute approximate surface area is 79.1 Å². The van der Waals surface area contributed by atoms with Crippen LogP contribution in [0.4, 0.5) is 0 Å². The Bertz CT molecular complexity index is 271. The van der Waals surface area contributed by atoms with Gasteiger partial charge in [0.2, 0.25) is 0 Å². The summed E-state index contributed by atoms with van der Waals surface area (Å²) >= 11 is 0. The first kappa shape index (κ1) is 6.44. The summed E-state index contributed by atoms with van der Waals surface area (Å²) in [5.74, 6) is 10.3. The smallest absolute Gasteiger partial charge is 0.00431 e. The second kappa shape index (κ2) is 1.60. The van der Waals surface area contributed by atoms with E-state index in [-0.39, 0.29) is 0 Å². The molecule has 0 aromatic rings. The van der Waals surface area contributed by atoms with E-state index < -0.39 is 0 Å². The summed E-state index contributed by atoms with van der Waals surface area (Å²) in [6.45, 7) is 1.01. The first-order valence-electron chi connectivity index (χ1n) is 6.12. The lowest BCUT2D eigenvalue weighted by Gasteiger charge is -2.33. The second-order valence-corrected chi connectivity index (χ2v) is 6.34. The van der Waals surface area contributed by atoms with E-state index in [0.717, 1.165) is 36.1 Å². The lowest BCUT2D eigenvalue weighted by atomic mass is 9.71. The molecule has 70 valence electrons. The number of hydrogen-bond donors (Lipinski definition) is 1. The zero-order chi connectivity index (χ0) is 8.32. The minimum Gasteiger partial charge on any atom is -0.330 e. The van der Waals surface area contributed by atoms with Crippen LogP contribution in [0.5, 0.6) is 0 Å². The average Bonchev–Trinajstić information content (AvgIpc) is 2.78. The maximum absolute atomic E-state index is 5.97. The molecule has 0 amide bonds. The highest BCUT2D eigenvalue weighted by atomic mass is 14.9. The van der Waals surface area contributed by atoms with Crippen LogP contribution in [0.1, 0.15) is 12.8 Å². The highest BCUT2D eigenvalue weighted by Crippen LogP contribution is 2.84. The van der Waals surface area contributed by atoms with Gasteiger partial charge in [-0.15, -0.1) is 0 Å². The summed E-state index contributed by atoms with van der Waals surface area (Å²) in [5, 5.41) is 0. The molecule has 1 unspecified atom stereocenters. The number of rotatable bonds is 1. The van der Waals surface area contributed by atoms with E-state index in [4.69, 9.17) is 5.73 Å². The standard InChI is InChI=1S/C12H17N/c13-3-8-11-6-1-4-5-2-7(9(4)11)12(8)10(5)6/h4-12H,1-3,13H2/t4-,5-,6-,7+,8?,9-,10-,11+,12-/m1/s1.